The molecule has 1 aromatic carbocycles. The Morgan fingerprint density at radius 3 is 3.00 bits per heavy atom. The number of sulfone groups is 1. The summed E-state index contributed by atoms with van der Waals surface area (Å²) in [5.74, 6) is 1.38. The van der Waals surface area contributed by atoms with Gasteiger partial charge in [-0.15, -0.1) is 0 Å². The van der Waals surface area contributed by atoms with Crippen molar-refractivity contribution in [3.63, 3.8) is 0 Å². The number of hydrogen-bond donors (Lipinski definition) is 1. The zero-order valence-electron chi connectivity index (χ0n) is 11.1. The number of rotatable bonds is 3. The summed E-state index contributed by atoms with van der Waals surface area (Å²) in [5.41, 5.74) is 2.11. The van der Waals surface area contributed by atoms with E-state index in [1.54, 1.807) is 0 Å². The summed E-state index contributed by atoms with van der Waals surface area (Å²) in [6, 6.07) is 6.04. The molecule has 1 saturated heterocycles. The van der Waals surface area contributed by atoms with E-state index >= 15 is 0 Å². The van der Waals surface area contributed by atoms with Crippen LogP contribution in [0.25, 0.3) is 0 Å². The molecule has 1 N–H and O–H groups in total. The van der Waals surface area contributed by atoms with Gasteiger partial charge in [0.2, 0.25) is 0 Å². The van der Waals surface area contributed by atoms with Crippen LogP contribution in [0.4, 0.5) is 5.69 Å². The van der Waals surface area contributed by atoms with E-state index in [4.69, 9.17) is 4.74 Å². The smallest absolute Gasteiger partial charge is 0.151 e. The predicted octanol–water partition coefficient (Wildman–Crippen LogP) is 1.86. The van der Waals surface area contributed by atoms with Crippen LogP contribution in [-0.2, 0) is 16.3 Å². The monoisotopic (exact) mass is 281 g/mol. The molecule has 1 fully saturated rings. The highest BCUT2D eigenvalue weighted by Gasteiger charge is 2.39. The maximum atomic E-state index is 11.6. The van der Waals surface area contributed by atoms with Crippen LogP contribution in [0, 0.1) is 5.41 Å². The van der Waals surface area contributed by atoms with Crippen LogP contribution < -0.4 is 10.1 Å². The first-order valence-electron chi connectivity index (χ1n) is 6.67. The minimum atomic E-state index is -2.87. The molecule has 104 valence electrons. The van der Waals surface area contributed by atoms with Crippen molar-refractivity contribution in [2.24, 2.45) is 5.41 Å². The molecular formula is C14H19NO3S. The van der Waals surface area contributed by atoms with E-state index in [1.165, 1.54) is 5.56 Å². The Morgan fingerprint density at radius 2 is 2.26 bits per heavy atom. The first kappa shape index (κ1) is 12.8. The average Bonchev–Trinajstić information content (AvgIpc) is 2.92. The molecule has 0 amide bonds. The van der Waals surface area contributed by atoms with Crippen LogP contribution in [-0.4, -0.2) is 33.1 Å². The Bertz CT molecular complexity index is 597. The highest BCUT2D eigenvalue weighted by atomic mass is 32.2. The Hall–Kier alpha value is -1.23. The number of fused-ring (bicyclic) bond motifs is 1. The summed E-state index contributed by atoms with van der Waals surface area (Å²) in [5, 5.41) is 3.33. The number of benzene rings is 1. The summed E-state index contributed by atoms with van der Waals surface area (Å²) in [6.07, 6.45) is 1.72. The van der Waals surface area contributed by atoms with E-state index in [1.807, 2.05) is 19.1 Å². The summed E-state index contributed by atoms with van der Waals surface area (Å²) in [4.78, 5) is 0. The molecule has 1 unspecified atom stereocenters. The normalized spacial score (nSPS) is 27.8. The third-order valence-electron chi connectivity index (χ3n) is 3.97. The number of nitrogens with one attached hydrogen (secondary N) is 1. The molecule has 0 spiro atoms. The van der Waals surface area contributed by atoms with Crippen molar-refractivity contribution < 1.29 is 13.2 Å². The lowest BCUT2D eigenvalue weighted by Gasteiger charge is -2.23. The average molecular weight is 281 g/mol. The van der Waals surface area contributed by atoms with E-state index in [2.05, 4.69) is 11.4 Å². The van der Waals surface area contributed by atoms with Gasteiger partial charge in [0.1, 0.15) is 5.75 Å². The van der Waals surface area contributed by atoms with E-state index in [0.29, 0.717) is 13.0 Å². The van der Waals surface area contributed by atoms with Crippen LogP contribution in [0.15, 0.2) is 18.2 Å². The lowest BCUT2D eigenvalue weighted by Crippen LogP contribution is -2.26. The Balaban J connectivity index is 1.72. The zero-order chi connectivity index (χ0) is 13.5. The lowest BCUT2D eigenvalue weighted by atomic mass is 9.92. The molecule has 0 bridgehead atoms. The molecule has 4 nitrogen and oxygen atoms in total. The molecule has 2 heterocycles. The van der Waals surface area contributed by atoms with Crippen LogP contribution in [0.3, 0.4) is 0 Å². The van der Waals surface area contributed by atoms with Crippen LogP contribution >= 0.6 is 0 Å². The van der Waals surface area contributed by atoms with E-state index < -0.39 is 9.84 Å². The minimum Gasteiger partial charge on any atom is -0.491 e. The topological polar surface area (TPSA) is 55.4 Å². The van der Waals surface area contributed by atoms with Crippen molar-refractivity contribution in [2.45, 2.75) is 19.8 Å². The second-order valence-corrected chi connectivity index (χ2v) is 8.09. The molecule has 2 aliphatic rings. The van der Waals surface area contributed by atoms with E-state index in [0.717, 1.165) is 24.4 Å². The highest BCUT2D eigenvalue weighted by Crippen LogP contribution is 2.36. The zero-order valence-corrected chi connectivity index (χ0v) is 11.9. The highest BCUT2D eigenvalue weighted by molar-refractivity contribution is 7.91. The van der Waals surface area contributed by atoms with Gasteiger partial charge in [0.05, 0.1) is 23.8 Å². The molecular weight excluding hydrogens is 262 g/mol. The first-order chi connectivity index (χ1) is 8.98. The molecule has 0 saturated carbocycles. The van der Waals surface area contributed by atoms with Crippen molar-refractivity contribution >= 4 is 15.5 Å². The second-order valence-electron chi connectivity index (χ2n) is 5.91. The Labute approximate surface area is 114 Å². The number of ether oxygens (including phenoxy) is 1. The van der Waals surface area contributed by atoms with E-state index in [9.17, 15) is 8.42 Å². The van der Waals surface area contributed by atoms with Gasteiger partial charge in [0.15, 0.2) is 9.84 Å². The maximum Gasteiger partial charge on any atom is 0.151 e. The number of para-hydroxylation sites is 1. The summed E-state index contributed by atoms with van der Waals surface area (Å²) >= 11 is 0. The standard InChI is InChI=1S/C14H19NO3S/c1-14(6-8-19(16,17)10-14)9-18-12-4-2-3-11-5-7-15-13(11)12/h2-4,15H,5-10H2,1H3. The van der Waals surface area contributed by atoms with Crippen LogP contribution in [0.5, 0.6) is 5.75 Å². The minimum absolute atomic E-state index is 0.239. The largest absolute Gasteiger partial charge is 0.491 e. The van der Waals surface area contributed by atoms with Gasteiger partial charge in [0.25, 0.3) is 0 Å². The van der Waals surface area contributed by atoms with Crippen molar-refractivity contribution in [3.8, 4) is 5.75 Å². The fraction of sp³-hybridized carbons (Fsp3) is 0.571. The van der Waals surface area contributed by atoms with Gasteiger partial charge in [-0.2, -0.15) is 0 Å². The van der Waals surface area contributed by atoms with Gasteiger partial charge in [-0.1, -0.05) is 19.1 Å². The van der Waals surface area contributed by atoms with Crippen LogP contribution in [0.1, 0.15) is 18.9 Å². The van der Waals surface area contributed by atoms with Gasteiger partial charge in [-0.25, -0.2) is 8.42 Å². The Morgan fingerprint density at radius 1 is 1.42 bits per heavy atom. The van der Waals surface area contributed by atoms with Crippen LogP contribution in [0.2, 0.25) is 0 Å². The van der Waals surface area contributed by atoms with Gasteiger partial charge >= 0.3 is 0 Å². The summed E-state index contributed by atoms with van der Waals surface area (Å²) in [7, 11) is -2.87. The molecule has 1 aromatic rings. The third kappa shape index (κ3) is 2.56. The predicted molar refractivity (Wildman–Crippen MR) is 75.5 cm³/mol. The summed E-state index contributed by atoms with van der Waals surface area (Å²) < 4.78 is 29.1. The van der Waals surface area contributed by atoms with Gasteiger partial charge in [-0.3, -0.25) is 0 Å². The van der Waals surface area contributed by atoms with Crippen molar-refractivity contribution in [2.75, 3.05) is 30.0 Å². The van der Waals surface area contributed by atoms with Crippen molar-refractivity contribution in [1.82, 2.24) is 0 Å². The molecule has 0 aromatic heterocycles. The molecule has 2 aliphatic heterocycles. The van der Waals surface area contributed by atoms with Crippen molar-refractivity contribution in [3.05, 3.63) is 23.8 Å². The molecule has 5 heteroatoms. The molecule has 0 radical (unpaired) electrons. The van der Waals surface area contributed by atoms with Gasteiger partial charge in [0, 0.05) is 12.0 Å². The first-order valence-corrected chi connectivity index (χ1v) is 8.49. The fourth-order valence-corrected chi connectivity index (χ4v) is 5.11. The maximum absolute atomic E-state index is 11.6. The second kappa shape index (κ2) is 4.40. The molecule has 3 rings (SSSR count). The quantitative estimate of drug-likeness (QED) is 0.919. The van der Waals surface area contributed by atoms with Crippen molar-refractivity contribution in [1.29, 1.82) is 0 Å². The lowest BCUT2D eigenvalue weighted by molar-refractivity contribution is 0.187. The van der Waals surface area contributed by atoms with Gasteiger partial charge in [-0.05, 0) is 24.5 Å². The molecule has 19 heavy (non-hydrogen) atoms. The SMILES string of the molecule is CC1(COc2cccc3c2NCC3)CCS(=O)(=O)C1. The van der Waals surface area contributed by atoms with Gasteiger partial charge < -0.3 is 10.1 Å². The third-order valence-corrected chi connectivity index (χ3v) is 5.93. The van der Waals surface area contributed by atoms with E-state index in [-0.39, 0.29) is 16.9 Å². The molecule has 0 aliphatic carbocycles. The Kier molecular flexibility index (Phi) is 2.96. The number of anilines is 1. The summed E-state index contributed by atoms with van der Waals surface area (Å²) in [6.45, 7) is 3.40. The molecule has 1 atom stereocenters. The fourth-order valence-electron chi connectivity index (χ4n) is 2.87. The number of hydrogen-bond acceptors (Lipinski definition) is 4.